The Kier molecular flexibility index (Phi) is 4.61. The molecular formula is C16H27NO3. The van der Waals surface area contributed by atoms with Crippen LogP contribution in [0.4, 0.5) is 0 Å². The lowest BCUT2D eigenvalue weighted by molar-refractivity contribution is -0.135. The van der Waals surface area contributed by atoms with Crippen molar-refractivity contribution in [1.82, 2.24) is 4.90 Å². The standard InChI is InChI=1S/C16H27NO3/c18-10-3-11-20-12-6-8-17(9-7-12)16(19)15-13-4-1-2-5-14(13)15/h12-15,18H,1-11H2. The predicted molar refractivity (Wildman–Crippen MR) is 76.2 cm³/mol. The normalized spacial score (nSPS) is 33.9. The third kappa shape index (κ3) is 3.01. The fourth-order valence-electron chi connectivity index (χ4n) is 4.13. The third-order valence-electron chi connectivity index (χ3n) is 5.35. The molecule has 0 aromatic heterocycles. The molecule has 1 heterocycles. The summed E-state index contributed by atoms with van der Waals surface area (Å²) < 4.78 is 5.72. The van der Waals surface area contributed by atoms with Crippen LogP contribution in [-0.4, -0.2) is 48.3 Å². The van der Waals surface area contributed by atoms with Crippen molar-refractivity contribution in [2.75, 3.05) is 26.3 Å². The first-order valence-corrected chi connectivity index (χ1v) is 8.32. The van der Waals surface area contributed by atoms with E-state index in [-0.39, 0.29) is 12.7 Å². The molecule has 3 aliphatic rings. The van der Waals surface area contributed by atoms with Crippen LogP contribution >= 0.6 is 0 Å². The molecule has 3 fully saturated rings. The number of likely N-dealkylation sites (tertiary alicyclic amines) is 1. The van der Waals surface area contributed by atoms with Crippen molar-refractivity contribution < 1.29 is 14.6 Å². The number of aliphatic hydroxyl groups is 1. The van der Waals surface area contributed by atoms with Gasteiger partial charge in [0.25, 0.3) is 0 Å². The molecule has 1 amide bonds. The molecule has 2 aliphatic carbocycles. The highest BCUT2D eigenvalue weighted by molar-refractivity contribution is 5.82. The first kappa shape index (κ1) is 14.3. The first-order valence-electron chi connectivity index (χ1n) is 8.32. The Labute approximate surface area is 121 Å². The molecule has 114 valence electrons. The van der Waals surface area contributed by atoms with Crippen LogP contribution in [-0.2, 0) is 9.53 Å². The second-order valence-electron chi connectivity index (χ2n) is 6.61. The van der Waals surface area contributed by atoms with Gasteiger partial charge in [-0.2, -0.15) is 0 Å². The largest absolute Gasteiger partial charge is 0.396 e. The number of carbonyl (C=O) groups is 1. The molecule has 0 aromatic rings. The molecule has 3 rings (SSSR count). The fourth-order valence-corrected chi connectivity index (χ4v) is 4.13. The molecule has 2 saturated carbocycles. The summed E-state index contributed by atoms with van der Waals surface area (Å²) >= 11 is 0. The number of ether oxygens (including phenoxy) is 1. The van der Waals surface area contributed by atoms with Gasteiger partial charge in [0.15, 0.2) is 0 Å². The number of aliphatic hydroxyl groups excluding tert-OH is 1. The van der Waals surface area contributed by atoms with Crippen molar-refractivity contribution in [3.63, 3.8) is 0 Å². The monoisotopic (exact) mass is 281 g/mol. The highest BCUT2D eigenvalue weighted by Gasteiger charge is 2.55. The summed E-state index contributed by atoms with van der Waals surface area (Å²) in [4.78, 5) is 14.6. The molecule has 1 saturated heterocycles. The van der Waals surface area contributed by atoms with E-state index in [1.807, 2.05) is 0 Å². The summed E-state index contributed by atoms with van der Waals surface area (Å²) in [7, 11) is 0. The lowest BCUT2D eigenvalue weighted by Crippen LogP contribution is -2.42. The van der Waals surface area contributed by atoms with E-state index < -0.39 is 0 Å². The Balaban J connectivity index is 1.41. The van der Waals surface area contributed by atoms with E-state index in [0.29, 0.717) is 24.9 Å². The molecule has 1 N–H and O–H groups in total. The van der Waals surface area contributed by atoms with Crippen LogP contribution in [0.15, 0.2) is 0 Å². The maximum Gasteiger partial charge on any atom is 0.226 e. The molecule has 0 radical (unpaired) electrons. The number of hydrogen-bond donors (Lipinski definition) is 1. The molecule has 4 nitrogen and oxygen atoms in total. The van der Waals surface area contributed by atoms with Gasteiger partial charge < -0.3 is 14.7 Å². The molecule has 20 heavy (non-hydrogen) atoms. The zero-order valence-electron chi connectivity index (χ0n) is 12.3. The Bertz CT molecular complexity index is 327. The van der Waals surface area contributed by atoms with E-state index in [2.05, 4.69) is 4.90 Å². The number of fused-ring (bicyclic) bond motifs is 1. The smallest absolute Gasteiger partial charge is 0.226 e. The van der Waals surface area contributed by atoms with Crippen LogP contribution in [0.3, 0.4) is 0 Å². The fraction of sp³-hybridized carbons (Fsp3) is 0.938. The minimum atomic E-state index is 0.196. The molecule has 0 bridgehead atoms. The minimum absolute atomic E-state index is 0.196. The van der Waals surface area contributed by atoms with Gasteiger partial charge in [0, 0.05) is 32.2 Å². The Morgan fingerprint density at radius 3 is 2.35 bits per heavy atom. The predicted octanol–water partition coefficient (Wildman–Crippen LogP) is 1.81. The summed E-state index contributed by atoms with van der Waals surface area (Å²) in [5.74, 6) is 2.23. The van der Waals surface area contributed by atoms with Crippen molar-refractivity contribution >= 4 is 5.91 Å². The summed E-state index contributed by atoms with van der Waals surface area (Å²) in [6.07, 6.45) is 8.12. The molecule has 1 aliphatic heterocycles. The van der Waals surface area contributed by atoms with Crippen molar-refractivity contribution in [2.24, 2.45) is 17.8 Å². The Morgan fingerprint density at radius 2 is 1.75 bits per heavy atom. The summed E-state index contributed by atoms with van der Waals surface area (Å²) in [6, 6.07) is 0. The Morgan fingerprint density at radius 1 is 1.10 bits per heavy atom. The SMILES string of the molecule is O=C(C1C2CCCCC21)N1CCC(OCCCO)CC1. The molecule has 4 heteroatoms. The number of rotatable bonds is 5. The summed E-state index contributed by atoms with van der Waals surface area (Å²) in [5.41, 5.74) is 0. The van der Waals surface area contributed by atoms with E-state index in [1.54, 1.807) is 0 Å². The number of hydrogen-bond acceptors (Lipinski definition) is 3. The van der Waals surface area contributed by atoms with Crippen LogP contribution in [0.5, 0.6) is 0 Å². The van der Waals surface area contributed by atoms with Gasteiger partial charge in [-0.15, -0.1) is 0 Å². The van der Waals surface area contributed by atoms with Crippen molar-refractivity contribution in [2.45, 2.75) is 51.0 Å². The number of amides is 1. The van der Waals surface area contributed by atoms with Crippen molar-refractivity contribution in [1.29, 1.82) is 0 Å². The minimum Gasteiger partial charge on any atom is -0.396 e. The zero-order valence-corrected chi connectivity index (χ0v) is 12.3. The number of carbonyl (C=O) groups excluding carboxylic acids is 1. The van der Waals surface area contributed by atoms with Gasteiger partial charge in [-0.25, -0.2) is 0 Å². The molecule has 2 atom stereocenters. The average Bonchev–Trinajstić information content (AvgIpc) is 3.22. The third-order valence-corrected chi connectivity index (χ3v) is 5.35. The lowest BCUT2D eigenvalue weighted by Gasteiger charge is -2.32. The quantitative estimate of drug-likeness (QED) is 0.782. The molecular weight excluding hydrogens is 254 g/mol. The van der Waals surface area contributed by atoms with Crippen LogP contribution in [0, 0.1) is 17.8 Å². The highest BCUT2D eigenvalue weighted by Crippen LogP contribution is 2.56. The van der Waals surface area contributed by atoms with Crippen LogP contribution < -0.4 is 0 Å². The second kappa shape index (κ2) is 6.44. The van der Waals surface area contributed by atoms with E-state index in [1.165, 1.54) is 25.7 Å². The van der Waals surface area contributed by atoms with Crippen molar-refractivity contribution in [3.8, 4) is 0 Å². The topological polar surface area (TPSA) is 49.8 Å². The highest BCUT2D eigenvalue weighted by atomic mass is 16.5. The Hall–Kier alpha value is -0.610. The van der Waals surface area contributed by atoms with Gasteiger partial charge in [-0.05, 0) is 43.9 Å². The van der Waals surface area contributed by atoms with E-state index in [0.717, 1.165) is 37.8 Å². The number of piperidine rings is 1. The van der Waals surface area contributed by atoms with E-state index in [9.17, 15) is 4.79 Å². The maximum absolute atomic E-state index is 12.5. The summed E-state index contributed by atoms with van der Waals surface area (Å²) in [6.45, 7) is 2.56. The maximum atomic E-state index is 12.5. The van der Waals surface area contributed by atoms with E-state index >= 15 is 0 Å². The molecule has 2 unspecified atom stereocenters. The molecule has 0 spiro atoms. The van der Waals surface area contributed by atoms with E-state index in [4.69, 9.17) is 9.84 Å². The van der Waals surface area contributed by atoms with Gasteiger partial charge in [-0.1, -0.05) is 12.8 Å². The van der Waals surface area contributed by atoms with Gasteiger partial charge in [0.1, 0.15) is 0 Å². The van der Waals surface area contributed by atoms with Crippen molar-refractivity contribution in [3.05, 3.63) is 0 Å². The van der Waals surface area contributed by atoms with Gasteiger partial charge in [0.05, 0.1) is 6.10 Å². The molecule has 0 aromatic carbocycles. The van der Waals surface area contributed by atoms with Crippen LogP contribution in [0.25, 0.3) is 0 Å². The first-order chi connectivity index (χ1) is 9.81. The average molecular weight is 281 g/mol. The van der Waals surface area contributed by atoms with Gasteiger partial charge in [-0.3, -0.25) is 4.79 Å². The van der Waals surface area contributed by atoms with Crippen LogP contribution in [0.1, 0.15) is 44.9 Å². The zero-order chi connectivity index (χ0) is 13.9. The van der Waals surface area contributed by atoms with Crippen LogP contribution in [0.2, 0.25) is 0 Å². The summed E-state index contributed by atoms with van der Waals surface area (Å²) in [5, 5.41) is 8.75. The lowest BCUT2D eigenvalue weighted by atomic mass is 10.0. The van der Waals surface area contributed by atoms with Gasteiger partial charge >= 0.3 is 0 Å². The number of nitrogens with zero attached hydrogens (tertiary/aromatic N) is 1. The van der Waals surface area contributed by atoms with Gasteiger partial charge in [0.2, 0.25) is 5.91 Å². The second-order valence-corrected chi connectivity index (χ2v) is 6.61.